The zero-order chi connectivity index (χ0) is 18.8. The molecule has 0 amide bonds. The van der Waals surface area contributed by atoms with Crippen LogP contribution >= 0.6 is 11.6 Å². The quantitative estimate of drug-likeness (QED) is 0.637. The van der Waals surface area contributed by atoms with E-state index in [2.05, 4.69) is 35.0 Å². The van der Waals surface area contributed by atoms with E-state index < -0.39 is 6.10 Å². The van der Waals surface area contributed by atoms with E-state index in [0.717, 1.165) is 23.4 Å². The summed E-state index contributed by atoms with van der Waals surface area (Å²) in [5, 5.41) is 16.2. The molecule has 0 fully saturated rings. The number of hydrogen-bond acceptors (Lipinski definition) is 2. The number of rotatable bonds is 6. The van der Waals surface area contributed by atoms with Gasteiger partial charge in [-0.3, -0.25) is 0 Å². The fourth-order valence-electron chi connectivity index (χ4n) is 4.29. The highest BCUT2D eigenvalue weighted by Gasteiger charge is 2.22. The summed E-state index contributed by atoms with van der Waals surface area (Å²) in [4.78, 5) is 0. The van der Waals surface area contributed by atoms with Crippen LogP contribution in [0.3, 0.4) is 0 Å². The van der Waals surface area contributed by atoms with Crippen molar-refractivity contribution in [3.05, 3.63) is 70.4 Å². The molecule has 2 aromatic carbocycles. The third kappa shape index (κ3) is 3.77. The van der Waals surface area contributed by atoms with E-state index in [1.165, 1.54) is 35.0 Å². The molecule has 4 rings (SSSR count). The minimum Gasteiger partial charge on any atom is -0.390 e. The number of nitrogens with one attached hydrogen (secondary N) is 1. The van der Waals surface area contributed by atoms with E-state index in [-0.39, 0.29) is 6.04 Å². The van der Waals surface area contributed by atoms with Gasteiger partial charge in [0.1, 0.15) is 0 Å². The predicted molar refractivity (Wildman–Crippen MR) is 112 cm³/mol. The lowest BCUT2D eigenvalue weighted by Gasteiger charge is -2.21. The average molecular weight is 383 g/mol. The monoisotopic (exact) mass is 382 g/mol. The van der Waals surface area contributed by atoms with Crippen LogP contribution < -0.4 is 5.32 Å². The van der Waals surface area contributed by atoms with Crippen LogP contribution in [0.2, 0.25) is 5.02 Å². The Balaban J connectivity index is 1.53. The van der Waals surface area contributed by atoms with E-state index >= 15 is 0 Å². The lowest BCUT2D eigenvalue weighted by molar-refractivity contribution is 0.148. The number of aliphatic hydroxyl groups is 1. The minimum atomic E-state index is -0.464. The first kappa shape index (κ1) is 18.5. The van der Waals surface area contributed by atoms with Crippen LogP contribution in [0.25, 0.3) is 10.9 Å². The van der Waals surface area contributed by atoms with Crippen molar-refractivity contribution in [1.29, 1.82) is 0 Å². The van der Waals surface area contributed by atoms with E-state index in [9.17, 15) is 5.11 Å². The average Bonchev–Trinajstić information content (AvgIpc) is 3.02. The van der Waals surface area contributed by atoms with E-state index in [1.807, 2.05) is 30.3 Å². The zero-order valence-electron chi connectivity index (χ0n) is 15.8. The van der Waals surface area contributed by atoms with Gasteiger partial charge in [0.2, 0.25) is 0 Å². The molecule has 2 atom stereocenters. The largest absolute Gasteiger partial charge is 0.390 e. The van der Waals surface area contributed by atoms with Crippen LogP contribution in [0.4, 0.5) is 0 Å². The highest BCUT2D eigenvalue weighted by molar-refractivity contribution is 6.35. The van der Waals surface area contributed by atoms with Crippen molar-refractivity contribution in [3.63, 3.8) is 0 Å². The van der Waals surface area contributed by atoms with Crippen LogP contribution in [0.15, 0.2) is 48.5 Å². The lowest BCUT2D eigenvalue weighted by Crippen LogP contribution is -2.32. The molecule has 0 aliphatic heterocycles. The molecule has 1 aromatic heterocycles. The summed E-state index contributed by atoms with van der Waals surface area (Å²) in [6, 6.07) is 16.7. The summed E-state index contributed by atoms with van der Waals surface area (Å²) in [5.41, 5.74) is 5.11. The van der Waals surface area contributed by atoms with Crippen molar-refractivity contribution in [1.82, 2.24) is 9.88 Å². The van der Waals surface area contributed by atoms with E-state index in [4.69, 9.17) is 11.6 Å². The molecule has 142 valence electrons. The summed E-state index contributed by atoms with van der Waals surface area (Å²) in [6.45, 7) is 3.25. The number of aliphatic hydroxyl groups excluding tert-OH is 1. The predicted octanol–water partition coefficient (Wildman–Crippen LogP) is 4.89. The fraction of sp³-hybridized carbons (Fsp3) is 0.391. The second-order valence-corrected chi connectivity index (χ2v) is 7.98. The Bertz CT molecular complexity index is 919. The highest BCUT2D eigenvalue weighted by Crippen LogP contribution is 2.35. The molecular formula is C23H27ClN2O. The fourth-order valence-corrected chi connectivity index (χ4v) is 4.57. The van der Waals surface area contributed by atoms with Crippen molar-refractivity contribution >= 4 is 22.5 Å². The van der Waals surface area contributed by atoms with Gasteiger partial charge in [-0.05, 0) is 49.8 Å². The summed E-state index contributed by atoms with van der Waals surface area (Å²) in [6.07, 6.45) is 4.16. The van der Waals surface area contributed by atoms with Gasteiger partial charge in [-0.15, -0.1) is 0 Å². The van der Waals surface area contributed by atoms with Gasteiger partial charge in [0.05, 0.1) is 23.2 Å². The topological polar surface area (TPSA) is 37.2 Å². The number of para-hydroxylation sites is 1. The van der Waals surface area contributed by atoms with E-state index in [1.54, 1.807) is 0 Å². The van der Waals surface area contributed by atoms with Crippen molar-refractivity contribution in [3.8, 4) is 0 Å². The maximum Gasteiger partial charge on any atom is 0.0843 e. The SMILES string of the molecule is C[C@@H](NC[C@@H](O)Cn1c2c(c3cccc(Cl)c31)CCCC2)c1ccccc1. The summed E-state index contributed by atoms with van der Waals surface area (Å²) < 4.78 is 2.27. The van der Waals surface area contributed by atoms with Crippen molar-refractivity contribution in [2.45, 2.75) is 51.3 Å². The van der Waals surface area contributed by atoms with Crippen LogP contribution in [-0.2, 0) is 19.4 Å². The Hall–Kier alpha value is -1.81. The molecule has 1 aliphatic carbocycles. The molecule has 4 heteroatoms. The van der Waals surface area contributed by atoms with Gasteiger partial charge >= 0.3 is 0 Å². The summed E-state index contributed by atoms with van der Waals surface area (Å²) in [5.74, 6) is 0. The maximum atomic E-state index is 10.7. The van der Waals surface area contributed by atoms with Crippen LogP contribution in [0, 0.1) is 0 Å². The highest BCUT2D eigenvalue weighted by atomic mass is 35.5. The molecular weight excluding hydrogens is 356 g/mol. The van der Waals surface area contributed by atoms with Gasteiger partial charge < -0.3 is 15.0 Å². The van der Waals surface area contributed by atoms with Crippen LogP contribution in [0.1, 0.15) is 42.6 Å². The molecule has 1 aliphatic rings. The van der Waals surface area contributed by atoms with Crippen molar-refractivity contribution in [2.24, 2.45) is 0 Å². The normalized spacial score (nSPS) is 16.3. The molecule has 1 heterocycles. The Labute approximate surface area is 166 Å². The number of aromatic nitrogens is 1. The number of benzene rings is 2. The Morgan fingerprint density at radius 3 is 2.67 bits per heavy atom. The minimum absolute atomic E-state index is 0.208. The number of hydrogen-bond donors (Lipinski definition) is 2. The second-order valence-electron chi connectivity index (χ2n) is 7.57. The Morgan fingerprint density at radius 2 is 1.85 bits per heavy atom. The maximum absolute atomic E-state index is 10.7. The molecule has 27 heavy (non-hydrogen) atoms. The van der Waals surface area contributed by atoms with Crippen LogP contribution in [-0.4, -0.2) is 22.3 Å². The zero-order valence-corrected chi connectivity index (χ0v) is 16.5. The number of nitrogens with zero attached hydrogens (tertiary/aromatic N) is 1. The molecule has 0 unspecified atom stereocenters. The van der Waals surface area contributed by atoms with Crippen LogP contribution in [0.5, 0.6) is 0 Å². The molecule has 0 saturated heterocycles. The first-order chi connectivity index (χ1) is 13.1. The van der Waals surface area contributed by atoms with Crippen molar-refractivity contribution < 1.29 is 5.11 Å². The van der Waals surface area contributed by atoms with Gasteiger partial charge in [0.15, 0.2) is 0 Å². The van der Waals surface area contributed by atoms with Crippen molar-refractivity contribution in [2.75, 3.05) is 6.54 Å². The Morgan fingerprint density at radius 1 is 1.07 bits per heavy atom. The molecule has 0 radical (unpaired) electrons. The van der Waals surface area contributed by atoms with Gasteiger partial charge in [-0.2, -0.15) is 0 Å². The van der Waals surface area contributed by atoms with Gasteiger partial charge in [0.25, 0.3) is 0 Å². The van der Waals surface area contributed by atoms with Gasteiger partial charge in [-0.1, -0.05) is 54.1 Å². The smallest absolute Gasteiger partial charge is 0.0843 e. The van der Waals surface area contributed by atoms with Gasteiger partial charge in [-0.25, -0.2) is 0 Å². The molecule has 0 bridgehead atoms. The molecule has 0 saturated carbocycles. The van der Waals surface area contributed by atoms with E-state index in [0.29, 0.717) is 13.1 Å². The number of aryl methyl sites for hydroxylation is 1. The molecule has 0 spiro atoms. The molecule has 3 nitrogen and oxygen atoms in total. The Kier molecular flexibility index (Phi) is 5.53. The first-order valence-electron chi connectivity index (χ1n) is 9.90. The molecule has 3 aromatic rings. The number of halogens is 1. The van der Waals surface area contributed by atoms with Gasteiger partial charge in [0, 0.05) is 23.7 Å². The summed E-state index contributed by atoms with van der Waals surface area (Å²) >= 11 is 6.55. The second kappa shape index (κ2) is 8.05. The third-order valence-corrected chi connectivity index (χ3v) is 6.00. The molecule has 2 N–H and O–H groups in total. The third-order valence-electron chi connectivity index (χ3n) is 5.70. The number of fused-ring (bicyclic) bond motifs is 3. The standard InChI is InChI=1S/C23H27ClN2O/c1-16(17-8-3-2-4-9-17)25-14-18(27)15-26-22-13-6-5-10-19(22)20-11-7-12-21(24)23(20)26/h2-4,7-9,11-12,16,18,25,27H,5-6,10,13-15H2,1H3/t16-,18-/m1/s1. The summed E-state index contributed by atoms with van der Waals surface area (Å²) in [7, 11) is 0. The first-order valence-corrected chi connectivity index (χ1v) is 10.3. The lowest BCUT2D eigenvalue weighted by atomic mass is 9.95.